The van der Waals surface area contributed by atoms with Gasteiger partial charge in [-0.1, -0.05) is 13.0 Å². The Kier molecular flexibility index (Phi) is 3.36. The van der Waals surface area contributed by atoms with Crippen molar-refractivity contribution >= 4 is 5.91 Å². The molecule has 0 spiro atoms. The number of ether oxygens (including phenoxy) is 1. The minimum absolute atomic E-state index is 0.0274. The fourth-order valence-electron chi connectivity index (χ4n) is 3.86. The Morgan fingerprint density at radius 1 is 1.52 bits per heavy atom. The monoisotopic (exact) mass is 284 g/mol. The lowest BCUT2D eigenvalue weighted by Crippen LogP contribution is -2.49. The van der Waals surface area contributed by atoms with Crippen LogP contribution in [0.25, 0.3) is 0 Å². The van der Waals surface area contributed by atoms with Gasteiger partial charge in [0.1, 0.15) is 11.3 Å². The normalized spacial score (nSPS) is 27.0. The third-order valence-electron chi connectivity index (χ3n) is 4.88. The number of benzene rings is 1. The summed E-state index contributed by atoms with van der Waals surface area (Å²) in [6.45, 7) is 2.72. The maximum Gasteiger partial charge on any atom is 0.224 e. The van der Waals surface area contributed by atoms with Gasteiger partial charge in [0.2, 0.25) is 5.91 Å². The van der Waals surface area contributed by atoms with E-state index in [1.54, 1.807) is 7.11 Å². The zero-order chi connectivity index (χ0) is 15.0. The molecule has 2 atom stereocenters. The minimum Gasteiger partial charge on any atom is -0.497 e. The highest BCUT2D eigenvalue weighted by Crippen LogP contribution is 2.50. The number of likely N-dealkylation sites (tertiary alicyclic amines) is 1. The summed E-state index contributed by atoms with van der Waals surface area (Å²) in [7, 11) is 1.64. The molecule has 0 radical (unpaired) electrons. The van der Waals surface area contributed by atoms with E-state index in [1.807, 2.05) is 24.0 Å². The average Bonchev–Trinajstić information content (AvgIpc) is 2.80. The topological polar surface area (TPSA) is 53.3 Å². The lowest BCUT2D eigenvalue weighted by Gasteiger charge is -2.40. The van der Waals surface area contributed by atoms with Gasteiger partial charge in [-0.15, -0.1) is 0 Å². The highest BCUT2D eigenvalue weighted by Gasteiger charge is 2.55. The van der Waals surface area contributed by atoms with Crippen LogP contribution in [0.5, 0.6) is 5.75 Å². The lowest BCUT2D eigenvalue weighted by atomic mass is 9.70. The van der Waals surface area contributed by atoms with E-state index in [9.17, 15) is 10.1 Å². The van der Waals surface area contributed by atoms with E-state index in [0.29, 0.717) is 13.0 Å². The fourth-order valence-corrected chi connectivity index (χ4v) is 3.86. The van der Waals surface area contributed by atoms with Crippen molar-refractivity contribution in [2.45, 2.75) is 44.1 Å². The Labute approximate surface area is 125 Å². The molecule has 1 aromatic rings. The van der Waals surface area contributed by atoms with Crippen LogP contribution in [0.1, 0.15) is 43.2 Å². The predicted octanol–water partition coefficient (Wildman–Crippen LogP) is 2.63. The Morgan fingerprint density at radius 2 is 2.33 bits per heavy atom. The second-order valence-corrected chi connectivity index (χ2v) is 5.90. The van der Waals surface area contributed by atoms with Gasteiger partial charge in [0.15, 0.2) is 0 Å². The molecule has 0 unspecified atom stereocenters. The number of nitriles is 1. The Morgan fingerprint density at radius 3 is 3.00 bits per heavy atom. The van der Waals surface area contributed by atoms with Gasteiger partial charge in [-0.05, 0) is 42.5 Å². The van der Waals surface area contributed by atoms with Gasteiger partial charge in [-0.25, -0.2) is 0 Å². The third-order valence-corrected chi connectivity index (χ3v) is 4.88. The zero-order valence-corrected chi connectivity index (χ0v) is 12.6. The molecule has 2 aliphatic rings. The summed E-state index contributed by atoms with van der Waals surface area (Å²) in [5.41, 5.74) is 1.71. The summed E-state index contributed by atoms with van der Waals surface area (Å²) in [5, 5.41) is 9.84. The van der Waals surface area contributed by atoms with Crippen LogP contribution in [-0.4, -0.2) is 30.0 Å². The Balaban J connectivity index is 2.09. The molecule has 4 heteroatoms. The Hall–Kier alpha value is -2.02. The summed E-state index contributed by atoms with van der Waals surface area (Å²) in [6.07, 6.45) is 2.90. The van der Waals surface area contributed by atoms with Gasteiger partial charge in [0.25, 0.3) is 0 Å². The molecule has 21 heavy (non-hydrogen) atoms. The largest absolute Gasteiger partial charge is 0.497 e. The van der Waals surface area contributed by atoms with Crippen molar-refractivity contribution < 1.29 is 9.53 Å². The van der Waals surface area contributed by atoms with Gasteiger partial charge in [-0.2, -0.15) is 5.26 Å². The highest BCUT2D eigenvalue weighted by atomic mass is 16.5. The average molecular weight is 284 g/mol. The molecule has 0 N–H and O–H groups in total. The van der Waals surface area contributed by atoms with E-state index in [-0.39, 0.29) is 11.8 Å². The number of carbonyl (C=O) groups is 1. The van der Waals surface area contributed by atoms with Crippen molar-refractivity contribution in [1.29, 1.82) is 5.26 Å². The fraction of sp³-hybridized carbons (Fsp3) is 0.529. The molecular formula is C17H20N2O2. The molecule has 1 aromatic carbocycles. The molecule has 1 saturated heterocycles. The first-order valence-electron chi connectivity index (χ1n) is 7.54. The summed E-state index contributed by atoms with van der Waals surface area (Å²) in [5.74, 6) is 0.878. The van der Waals surface area contributed by atoms with Crippen LogP contribution in [0.15, 0.2) is 18.2 Å². The highest BCUT2D eigenvalue weighted by molar-refractivity contribution is 5.83. The van der Waals surface area contributed by atoms with Crippen LogP contribution < -0.4 is 4.74 Å². The molecule has 1 aliphatic heterocycles. The maximum absolute atomic E-state index is 12.4. The number of hydrogen-bond acceptors (Lipinski definition) is 3. The quantitative estimate of drug-likeness (QED) is 0.857. The number of carbonyl (C=O) groups excluding carboxylic acids is 1. The summed E-state index contributed by atoms with van der Waals surface area (Å²) < 4.78 is 5.32. The summed E-state index contributed by atoms with van der Waals surface area (Å²) in [6, 6.07) is 8.52. The van der Waals surface area contributed by atoms with Crippen LogP contribution in [0.2, 0.25) is 0 Å². The summed E-state index contributed by atoms with van der Waals surface area (Å²) >= 11 is 0. The van der Waals surface area contributed by atoms with Crippen LogP contribution in [0.3, 0.4) is 0 Å². The molecule has 0 aromatic heterocycles. The second kappa shape index (κ2) is 5.07. The summed E-state index contributed by atoms with van der Waals surface area (Å²) in [4.78, 5) is 14.2. The van der Waals surface area contributed by atoms with E-state index < -0.39 is 5.54 Å². The van der Waals surface area contributed by atoms with Crippen molar-refractivity contribution in [2.24, 2.45) is 0 Å². The van der Waals surface area contributed by atoms with E-state index >= 15 is 0 Å². The van der Waals surface area contributed by atoms with Gasteiger partial charge >= 0.3 is 0 Å². The molecule has 1 aliphatic carbocycles. The number of fused-ring (bicyclic) bond motifs is 3. The molecule has 0 bridgehead atoms. The van der Waals surface area contributed by atoms with Crippen molar-refractivity contribution in [3.05, 3.63) is 29.3 Å². The van der Waals surface area contributed by atoms with E-state index in [4.69, 9.17) is 4.74 Å². The number of hydrogen-bond donors (Lipinski definition) is 0. The maximum atomic E-state index is 12.4. The minimum atomic E-state index is -0.660. The van der Waals surface area contributed by atoms with Gasteiger partial charge in [0, 0.05) is 18.9 Å². The van der Waals surface area contributed by atoms with Crippen LogP contribution in [0.4, 0.5) is 0 Å². The van der Waals surface area contributed by atoms with E-state index in [1.165, 1.54) is 5.56 Å². The number of methoxy groups -OCH3 is 1. The first-order valence-corrected chi connectivity index (χ1v) is 7.54. The molecular weight excluding hydrogens is 264 g/mol. The molecule has 0 saturated carbocycles. The third kappa shape index (κ3) is 1.91. The zero-order valence-electron chi connectivity index (χ0n) is 12.6. The van der Waals surface area contributed by atoms with Gasteiger partial charge < -0.3 is 9.64 Å². The van der Waals surface area contributed by atoms with Crippen molar-refractivity contribution in [2.75, 3.05) is 13.7 Å². The van der Waals surface area contributed by atoms with E-state index in [2.05, 4.69) is 12.1 Å². The smallest absolute Gasteiger partial charge is 0.224 e. The number of nitrogens with zero attached hydrogens (tertiary/aromatic N) is 2. The number of amides is 1. The number of rotatable bonds is 3. The SMILES string of the molecule is CCCN1C(=O)C[C@H]2c3cc(OC)ccc3CC[C@]21C#N. The van der Waals surface area contributed by atoms with Crippen LogP contribution in [0, 0.1) is 11.3 Å². The van der Waals surface area contributed by atoms with Gasteiger partial charge in [0.05, 0.1) is 13.2 Å². The molecule has 1 fully saturated rings. The van der Waals surface area contributed by atoms with Crippen LogP contribution >= 0.6 is 0 Å². The predicted molar refractivity (Wildman–Crippen MR) is 79.0 cm³/mol. The molecule has 4 nitrogen and oxygen atoms in total. The molecule has 110 valence electrons. The first-order chi connectivity index (χ1) is 10.2. The first kappa shape index (κ1) is 13.9. The Bertz CT molecular complexity index is 620. The molecule has 1 heterocycles. The molecule has 1 amide bonds. The number of aryl methyl sites for hydroxylation is 1. The molecule has 3 rings (SSSR count). The van der Waals surface area contributed by atoms with Crippen molar-refractivity contribution in [1.82, 2.24) is 4.90 Å². The van der Waals surface area contributed by atoms with Crippen molar-refractivity contribution in [3.8, 4) is 11.8 Å². The van der Waals surface area contributed by atoms with Crippen LogP contribution in [-0.2, 0) is 11.2 Å². The second-order valence-electron chi connectivity index (χ2n) is 5.90. The van der Waals surface area contributed by atoms with E-state index in [0.717, 1.165) is 30.6 Å². The lowest BCUT2D eigenvalue weighted by molar-refractivity contribution is -0.130. The van der Waals surface area contributed by atoms with Gasteiger partial charge in [-0.3, -0.25) is 4.79 Å². The van der Waals surface area contributed by atoms with Crippen molar-refractivity contribution in [3.63, 3.8) is 0 Å². The standard InChI is InChI=1S/C17H20N2O2/c1-3-8-19-16(20)10-15-14-9-13(21-2)5-4-12(14)6-7-17(15,19)11-18/h4-5,9,15H,3,6-8,10H2,1-2H3/t15-,17-/m0/s1.